The molecule has 1 atom stereocenters. The normalized spacial score (nSPS) is 19.9. The molecule has 0 bridgehead atoms. The summed E-state index contributed by atoms with van der Waals surface area (Å²) in [6.07, 6.45) is 2.05. The van der Waals surface area contributed by atoms with Crippen LogP contribution in [0.4, 0.5) is 5.69 Å². The van der Waals surface area contributed by atoms with Gasteiger partial charge in [-0.05, 0) is 42.9 Å². The lowest BCUT2D eigenvalue weighted by atomic mass is 10.2. The fourth-order valence-corrected chi connectivity index (χ4v) is 5.76. The minimum absolute atomic E-state index is 0.111. The van der Waals surface area contributed by atoms with Crippen LogP contribution in [-0.4, -0.2) is 37.5 Å². The summed E-state index contributed by atoms with van der Waals surface area (Å²) in [4.78, 5) is 1.04. The molecule has 1 saturated heterocycles. The topological polar surface area (TPSA) is 72.2 Å². The van der Waals surface area contributed by atoms with E-state index in [2.05, 4.69) is 4.72 Å². The quantitative estimate of drug-likeness (QED) is 0.617. The predicted molar refractivity (Wildman–Crippen MR) is 88.8 cm³/mol. The summed E-state index contributed by atoms with van der Waals surface area (Å²) in [5.74, 6) is 2.75. The first-order valence-corrected chi connectivity index (χ1v) is 10.4. The summed E-state index contributed by atoms with van der Waals surface area (Å²) in [5, 5.41) is 0. The lowest BCUT2D eigenvalue weighted by Gasteiger charge is -2.22. The van der Waals surface area contributed by atoms with Gasteiger partial charge in [0.25, 0.3) is 0 Å². The molecule has 0 aliphatic carbocycles. The first kappa shape index (κ1) is 16.0. The zero-order chi connectivity index (χ0) is 14.4. The first-order chi connectivity index (χ1) is 9.55. The van der Waals surface area contributed by atoms with Crippen molar-refractivity contribution in [1.29, 1.82) is 0 Å². The Balaban J connectivity index is 1.75. The second-order valence-electron chi connectivity index (χ2n) is 4.77. The van der Waals surface area contributed by atoms with Crippen LogP contribution in [0.1, 0.15) is 12.8 Å². The highest BCUT2D eigenvalue weighted by molar-refractivity contribution is 8.00. The fraction of sp³-hybridized carbons (Fsp3) is 0.538. The molecule has 0 amide bonds. The van der Waals surface area contributed by atoms with Crippen LogP contribution in [-0.2, 0) is 10.0 Å². The van der Waals surface area contributed by atoms with Crippen molar-refractivity contribution in [3.8, 4) is 0 Å². The van der Waals surface area contributed by atoms with Crippen molar-refractivity contribution >= 4 is 39.2 Å². The third-order valence-electron chi connectivity index (χ3n) is 3.01. The molecule has 7 heteroatoms. The van der Waals surface area contributed by atoms with Crippen molar-refractivity contribution in [2.24, 2.45) is 0 Å². The van der Waals surface area contributed by atoms with Gasteiger partial charge in [-0.25, -0.2) is 13.1 Å². The van der Waals surface area contributed by atoms with E-state index in [0.717, 1.165) is 34.9 Å². The third-order valence-corrected chi connectivity index (χ3v) is 6.93. The highest BCUT2D eigenvalue weighted by atomic mass is 32.2. The Morgan fingerprint density at radius 2 is 2.10 bits per heavy atom. The zero-order valence-electron chi connectivity index (χ0n) is 11.2. The van der Waals surface area contributed by atoms with Crippen LogP contribution in [0.3, 0.4) is 0 Å². The monoisotopic (exact) mass is 332 g/mol. The van der Waals surface area contributed by atoms with E-state index >= 15 is 0 Å². The highest BCUT2D eigenvalue weighted by Crippen LogP contribution is 2.20. The van der Waals surface area contributed by atoms with Crippen molar-refractivity contribution in [1.82, 2.24) is 4.72 Å². The summed E-state index contributed by atoms with van der Waals surface area (Å²) in [7, 11) is -3.17. The first-order valence-electron chi connectivity index (χ1n) is 6.61. The van der Waals surface area contributed by atoms with E-state index in [1.807, 2.05) is 36.0 Å². The van der Waals surface area contributed by atoms with Crippen LogP contribution in [0.2, 0.25) is 0 Å². The van der Waals surface area contributed by atoms with Gasteiger partial charge in [-0.2, -0.15) is 11.8 Å². The molecule has 3 N–H and O–H groups in total. The Morgan fingerprint density at radius 1 is 1.35 bits per heavy atom. The van der Waals surface area contributed by atoms with E-state index in [4.69, 9.17) is 5.73 Å². The SMILES string of the molecule is Nc1ccc(SCCS(=O)(=O)NC2CCCSC2)cc1. The minimum atomic E-state index is -3.17. The number of nitrogens with two attached hydrogens (primary N) is 1. The Kier molecular flexibility index (Phi) is 6.07. The van der Waals surface area contributed by atoms with Crippen LogP contribution in [0, 0.1) is 0 Å². The second-order valence-corrected chi connectivity index (χ2v) is 8.96. The maximum absolute atomic E-state index is 12.0. The largest absolute Gasteiger partial charge is 0.399 e. The summed E-state index contributed by atoms with van der Waals surface area (Å²) < 4.78 is 26.8. The number of sulfonamides is 1. The van der Waals surface area contributed by atoms with E-state index in [1.54, 1.807) is 0 Å². The molecule has 1 unspecified atom stereocenters. The minimum Gasteiger partial charge on any atom is -0.399 e. The van der Waals surface area contributed by atoms with Gasteiger partial charge in [-0.3, -0.25) is 0 Å². The number of hydrogen-bond acceptors (Lipinski definition) is 5. The van der Waals surface area contributed by atoms with Crippen LogP contribution < -0.4 is 10.5 Å². The van der Waals surface area contributed by atoms with Gasteiger partial charge in [0.15, 0.2) is 0 Å². The molecule has 4 nitrogen and oxygen atoms in total. The van der Waals surface area contributed by atoms with Crippen molar-refractivity contribution in [3.05, 3.63) is 24.3 Å². The van der Waals surface area contributed by atoms with Crippen LogP contribution >= 0.6 is 23.5 Å². The molecule has 1 aliphatic rings. The van der Waals surface area contributed by atoms with E-state index in [9.17, 15) is 8.42 Å². The van der Waals surface area contributed by atoms with Gasteiger partial charge in [0.1, 0.15) is 0 Å². The Bertz CT molecular complexity index is 511. The van der Waals surface area contributed by atoms with Crippen LogP contribution in [0.5, 0.6) is 0 Å². The Morgan fingerprint density at radius 3 is 2.75 bits per heavy atom. The van der Waals surface area contributed by atoms with Gasteiger partial charge in [-0.15, -0.1) is 11.8 Å². The number of anilines is 1. The van der Waals surface area contributed by atoms with Crippen molar-refractivity contribution in [3.63, 3.8) is 0 Å². The molecule has 1 aromatic rings. The molecule has 0 saturated carbocycles. The average molecular weight is 333 g/mol. The van der Waals surface area contributed by atoms with Crippen LogP contribution in [0.25, 0.3) is 0 Å². The lowest BCUT2D eigenvalue weighted by Crippen LogP contribution is -2.39. The number of hydrogen-bond donors (Lipinski definition) is 2. The molecule has 1 fully saturated rings. The molecular formula is C13H20N2O2S3. The van der Waals surface area contributed by atoms with Gasteiger partial charge in [0.2, 0.25) is 10.0 Å². The number of rotatable bonds is 6. The van der Waals surface area contributed by atoms with E-state index in [-0.39, 0.29) is 11.8 Å². The molecule has 112 valence electrons. The summed E-state index contributed by atoms with van der Waals surface area (Å²) in [6, 6.07) is 7.60. The fourth-order valence-electron chi connectivity index (χ4n) is 1.98. The standard InChI is InChI=1S/C13H20N2O2S3/c14-11-3-5-13(6-4-11)19-8-9-20(16,17)15-12-2-1-7-18-10-12/h3-6,12,15H,1-2,7-10,14H2. The van der Waals surface area contributed by atoms with Crippen molar-refractivity contribution in [2.75, 3.05) is 28.7 Å². The molecule has 20 heavy (non-hydrogen) atoms. The maximum Gasteiger partial charge on any atom is 0.212 e. The summed E-state index contributed by atoms with van der Waals surface area (Å²) in [6.45, 7) is 0. The predicted octanol–water partition coefficient (Wildman–Crippen LogP) is 2.18. The number of nitrogen functional groups attached to an aromatic ring is 1. The van der Waals surface area contributed by atoms with Gasteiger partial charge in [0, 0.05) is 28.1 Å². The second kappa shape index (κ2) is 7.59. The van der Waals surface area contributed by atoms with E-state index in [0.29, 0.717) is 5.75 Å². The molecule has 0 radical (unpaired) electrons. The molecular weight excluding hydrogens is 312 g/mol. The molecule has 2 rings (SSSR count). The highest BCUT2D eigenvalue weighted by Gasteiger charge is 2.20. The maximum atomic E-state index is 12.0. The zero-order valence-corrected chi connectivity index (χ0v) is 13.7. The molecule has 1 aromatic carbocycles. The van der Waals surface area contributed by atoms with Gasteiger partial charge in [-0.1, -0.05) is 0 Å². The van der Waals surface area contributed by atoms with Crippen LogP contribution in [0.15, 0.2) is 29.2 Å². The molecule has 1 aliphatic heterocycles. The van der Waals surface area contributed by atoms with Gasteiger partial charge < -0.3 is 5.73 Å². The van der Waals surface area contributed by atoms with Gasteiger partial charge >= 0.3 is 0 Å². The van der Waals surface area contributed by atoms with Crippen molar-refractivity contribution in [2.45, 2.75) is 23.8 Å². The molecule has 0 aromatic heterocycles. The summed E-state index contributed by atoms with van der Waals surface area (Å²) in [5.41, 5.74) is 6.33. The number of nitrogens with one attached hydrogen (secondary N) is 1. The van der Waals surface area contributed by atoms with E-state index < -0.39 is 10.0 Å². The Labute approximate surface area is 129 Å². The molecule has 1 heterocycles. The number of benzene rings is 1. The number of thioether (sulfide) groups is 2. The Hall–Kier alpha value is -0.370. The van der Waals surface area contributed by atoms with Gasteiger partial charge in [0.05, 0.1) is 5.75 Å². The lowest BCUT2D eigenvalue weighted by molar-refractivity contribution is 0.544. The smallest absolute Gasteiger partial charge is 0.212 e. The third kappa shape index (κ3) is 5.55. The van der Waals surface area contributed by atoms with Crippen molar-refractivity contribution < 1.29 is 8.42 Å². The summed E-state index contributed by atoms with van der Waals surface area (Å²) >= 11 is 3.36. The molecule has 0 spiro atoms. The average Bonchev–Trinajstić information content (AvgIpc) is 2.41. The van der Waals surface area contributed by atoms with E-state index in [1.165, 1.54) is 11.8 Å².